The van der Waals surface area contributed by atoms with Gasteiger partial charge in [-0.25, -0.2) is 0 Å². The molecule has 22 heavy (non-hydrogen) atoms. The number of benzene rings is 1. The molecule has 1 fully saturated rings. The highest BCUT2D eigenvalue weighted by Crippen LogP contribution is 2.07. The number of hydrogen-bond acceptors (Lipinski definition) is 4. The summed E-state index contributed by atoms with van der Waals surface area (Å²) in [4.78, 5) is 16.3. The van der Waals surface area contributed by atoms with E-state index in [2.05, 4.69) is 39.4 Å². The van der Waals surface area contributed by atoms with Gasteiger partial charge in [-0.05, 0) is 5.56 Å². The lowest BCUT2D eigenvalue weighted by molar-refractivity contribution is -0.122. The van der Waals surface area contributed by atoms with E-state index in [0.29, 0.717) is 19.6 Å². The number of nitrogens with two attached hydrogens (primary N) is 1. The van der Waals surface area contributed by atoms with Crippen molar-refractivity contribution in [3.05, 3.63) is 35.9 Å². The smallest absolute Gasteiger partial charge is 0.234 e. The minimum absolute atomic E-state index is 0. The minimum Gasteiger partial charge on any atom is -0.354 e. The molecular formula is C15H26Cl2N4O. The lowest BCUT2D eigenvalue weighted by Crippen LogP contribution is -2.49. The molecule has 0 atom stereocenters. The Balaban J connectivity index is 0.00000220. The zero-order valence-electron chi connectivity index (χ0n) is 12.7. The molecule has 5 nitrogen and oxygen atoms in total. The second kappa shape index (κ2) is 11.7. The highest BCUT2D eigenvalue weighted by atomic mass is 35.5. The van der Waals surface area contributed by atoms with Gasteiger partial charge in [0.25, 0.3) is 0 Å². The molecule has 126 valence electrons. The number of halogens is 2. The molecule has 1 aromatic rings. The summed E-state index contributed by atoms with van der Waals surface area (Å²) in [5.74, 6) is 0.0759. The molecule has 2 rings (SSSR count). The normalized spacial score (nSPS) is 15.5. The van der Waals surface area contributed by atoms with Crippen LogP contribution < -0.4 is 11.1 Å². The predicted octanol–water partition coefficient (Wildman–Crippen LogP) is 0.723. The number of nitrogens with zero attached hydrogens (tertiary/aromatic N) is 2. The van der Waals surface area contributed by atoms with Gasteiger partial charge in [-0.1, -0.05) is 30.3 Å². The van der Waals surface area contributed by atoms with E-state index in [1.807, 2.05) is 6.07 Å². The largest absolute Gasteiger partial charge is 0.354 e. The maximum Gasteiger partial charge on any atom is 0.234 e. The third-order valence-corrected chi connectivity index (χ3v) is 3.55. The first-order valence-corrected chi connectivity index (χ1v) is 7.23. The third-order valence-electron chi connectivity index (χ3n) is 3.55. The summed E-state index contributed by atoms with van der Waals surface area (Å²) >= 11 is 0. The number of nitrogens with one attached hydrogen (secondary N) is 1. The van der Waals surface area contributed by atoms with Crippen molar-refractivity contribution in [3.8, 4) is 0 Å². The van der Waals surface area contributed by atoms with Gasteiger partial charge in [-0.15, -0.1) is 24.8 Å². The number of piperazine rings is 1. The quantitative estimate of drug-likeness (QED) is 0.795. The molecule has 0 bridgehead atoms. The van der Waals surface area contributed by atoms with Crippen LogP contribution in [-0.4, -0.2) is 61.5 Å². The Morgan fingerprint density at radius 2 is 1.64 bits per heavy atom. The van der Waals surface area contributed by atoms with Crippen LogP contribution in [0.4, 0.5) is 0 Å². The Morgan fingerprint density at radius 3 is 2.23 bits per heavy atom. The van der Waals surface area contributed by atoms with Gasteiger partial charge in [0.05, 0.1) is 6.54 Å². The Bertz CT molecular complexity index is 411. The number of carbonyl (C=O) groups excluding carboxylic acids is 1. The van der Waals surface area contributed by atoms with E-state index in [9.17, 15) is 4.79 Å². The van der Waals surface area contributed by atoms with Crippen molar-refractivity contribution in [2.24, 2.45) is 5.73 Å². The molecule has 1 aromatic carbocycles. The fourth-order valence-corrected chi connectivity index (χ4v) is 2.42. The van der Waals surface area contributed by atoms with Gasteiger partial charge in [0, 0.05) is 45.8 Å². The molecule has 1 amide bonds. The number of hydrogen-bond donors (Lipinski definition) is 2. The first-order valence-electron chi connectivity index (χ1n) is 7.23. The van der Waals surface area contributed by atoms with E-state index in [1.54, 1.807) is 0 Å². The predicted molar refractivity (Wildman–Crippen MR) is 94.7 cm³/mol. The Hall–Kier alpha value is -0.850. The number of carbonyl (C=O) groups is 1. The molecule has 0 radical (unpaired) electrons. The highest BCUT2D eigenvalue weighted by molar-refractivity contribution is 5.85. The standard InChI is InChI=1S/C15H24N4O.2ClH/c16-6-7-17-15(20)13-19-10-8-18(9-11-19)12-14-4-2-1-3-5-14;;/h1-5H,6-13,16H2,(H,17,20);2*1H. The summed E-state index contributed by atoms with van der Waals surface area (Å²) in [6.07, 6.45) is 0. The van der Waals surface area contributed by atoms with E-state index in [4.69, 9.17) is 5.73 Å². The SMILES string of the molecule is Cl.Cl.NCCNC(=O)CN1CCN(Cc2ccccc2)CC1. The molecule has 1 aliphatic rings. The van der Waals surface area contributed by atoms with Crippen molar-refractivity contribution in [1.29, 1.82) is 0 Å². The van der Waals surface area contributed by atoms with Gasteiger partial charge < -0.3 is 11.1 Å². The van der Waals surface area contributed by atoms with Crippen LogP contribution in [0.1, 0.15) is 5.56 Å². The fraction of sp³-hybridized carbons (Fsp3) is 0.533. The highest BCUT2D eigenvalue weighted by Gasteiger charge is 2.18. The Morgan fingerprint density at radius 1 is 1.05 bits per heavy atom. The molecule has 0 saturated carbocycles. The van der Waals surface area contributed by atoms with Crippen LogP contribution in [0.5, 0.6) is 0 Å². The van der Waals surface area contributed by atoms with Gasteiger partial charge >= 0.3 is 0 Å². The van der Waals surface area contributed by atoms with E-state index in [-0.39, 0.29) is 30.7 Å². The van der Waals surface area contributed by atoms with Crippen molar-refractivity contribution >= 4 is 30.7 Å². The van der Waals surface area contributed by atoms with Gasteiger partial charge in [0.1, 0.15) is 0 Å². The first-order chi connectivity index (χ1) is 9.78. The topological polar surface area (TPSA) is 61.6 Å². The molecule has 3 N–H and O–H groups in total. The lowest BCUT2D eigenvalue weighted by Gasteiger charge is -2.34. The molecule has 7 heteroatoms. The minimum atomic E-state index is 0. The van der Waals surface area contributed by atoms with E-state index in [1.165, 1.54) is 5.56 Å². The molecule has 0 spiro atoms. The summed E-state index contributed by atoms with van der Waals surface area (Å²) < 4.78 is 0. The van der Waals surface area contributed by atoms with Gasteiger partial charge in [0.2, 0.25) is 5.91 Å². The molecule has 0 aliphatic carbocycles. The van der Waals surface area contributed by atoms with E-state index >= 15 is 0 Å². The fourth-order valence-electron chi connectivity index (χ4n) is 2.42. The molecular weight excluding hydrogens is 323 g/mol. The lowest BCUT2D eigenvalue weighted by atomic mass is 10.2. The number of amides is 1. The Labute approximate surface area is 145 Å². The molecule has 0 aromatic heterocycles. The maximum atomic E-state index is 11.6. The van der Waals surface area contributed by atoms with Crippen molar-refractivity contribution in [1.82, 2.24) is 15.1 Å². The average molecular weight is 349 g/mol. The van der Waals surface area contributed by atoms with Gasteiger partial charge in [0.15, 0.2) is 0 Å². The van der Waals surface area contributed by atoms with Gasteiger partial charge in [-0.3, -0.25) is 14.6 Å². The molecule has 0 unspecified atom stereocenters. The van der Waals surface area contributed by atoms with Crippen LogP contribution in [0, 0.1) is 0 Å². The van der Waals surface area contributed by atoms with Gasteiger partial charge in [-0.2, -0.15) is 0 Å². The second-order valence-corrected chi connectivity index (χ2v) is 5.18. The van der Waals surface area contributed by atoms with Crippen LogP contribution in [0.25, 0.3) is 0 Å². The van der Waals surface area contributed by atoms with Crippen LogP contribution >= 0.6 is 24.8 Å². The monoisotopic (exact) mass is 348 g/mol. The second-order valence-electron chi connectivity index (χ2n) is 5.18. The maximum absolute atomic E-state index is 11.6. The summed E-state index contributed by atoms with van der Waals surface area (Å²) in [7, 11) is 0. The van der Waals surface area contributed by atoms with Crippen molar-refractivity contribution in [2.45, 2.75) is 6.54 Å². The summed E-state index contributed by atoms with van der Waals surface area (Å²) in [6, 6.07) is 10.5. The van der Waals surface area contributed by atoms with Crippen LogP contribution in [0.15, 0.2) is 30.3 Å². The molecule has 1 saturated heterocycles. The third kappa shape index (κ3) is 7.42. The molecule has 1 aliphatic heterocycles. The van der Waals surface area contributed by atoms with Crippen LogP contribution in [-0.2, 0) is 11.3 Å². The van der Waals surface area contributed by atoms with Crippen molar-refractivity contribution < 1.29 is 4.79 Å². The molecule has 1 heterocycles. The number of rotatable bonds is 6. The zero-order valence-corrected chi connectivity index (χ0v) is 14.4. The van der Waals surface area contributed by atoms with Crippen molar-refractivity contribution in [3.63, 3.8) is 0 Å². The Kier molecular flexibility index (Phi) is 11.2. The van der Waals surface area contributed by atoms with E-state index in [0.717, 1.165) is 32.7 Å². The van der Waals surface area contributed by atoms with E-state index < -0.39 is 0 Å². The average Bonchev–Trinajstić information content (AvgIpc) is 2.48. The van der Waals surface area contributed by atoms with Crippen LogP contribution in [0.3, 0.4) is 0 Å². The first kappa shape index (κ1) is 21.1. The summed E-state index contributed by atoms with van der Waals surface area (Å²) in [5, 5.41) is 2.81. The summed E-state index contributed by atoms with van der Waals surface area (Å²) in [5.41, 5.74) is 6.72. The van der Waals surface area contributed by atoms with Crippen LogP contribution in [0.2, 0.25) is 0 Å². The van der Waals surface area contributed by atoms with Crippen molar-refractivity contribution in [2.75, 3.05) is 45.8 Å². The summed E-state index contributed by atoms with van der Waals surface area (Å²) in [6.45, 7) is 6.46. The zero-order chi connectivity index (χ0) is 14.2.